The molecule has 0 saturated carbocycles. The number of alkyl halides is 2. The molecule has 2 aliphatic heterocycles. The molecule has 2 heterocycles. The van der Waals surface area contributed by atoms with Crippen molar-refractivity contribution in [1.82, 2.24) is 4.90 Å². The number of amides is 1. The molecule has 0 aliphatic carbocycles. The second-order valence-corrected chi connectivity index (χ2v) is 7.29. The van der Waals surface area contributed by atoms with Crippen LogP contribution in [0.15, 0.2) is 36.4 Å². The van der Waals surface area contributed by atoms with Crippen LogP contribution in [-0.4, -0.2) is 47.0 Å². The highest BCUT2D eigenvalue weighted by Gasteiger charge is 2.55. The molecule has 2 aliphatic rings. The number of hydrogen-bond acceptors (Lipinski definition) is 4. The summed E-state index contributed by atoms with van der Waals surface area (Å²) in [5, 5.41) is 21.0. The second kappa shape index (κ2) is 6.82. The highest BCUT2D eigenvalue weighted by molar-refractivity contribution is 6.58. The van der Waals surface area contributed by atoms with Gasteiger partial charge in [-0.25, -0.2) is 17.6 Å². The molecule has 1 amide bonds. The van der Waals surface area contributed by atoms with E-state index in [1.807, 2.05) is 0 Å². The molecule has 0 radical (unpaired) electrons. The number of nitrogens with one attached hydrogen (secondary N) is 1. The van der Waals surface area contributed by atoms with Gasteiger partial charge in [0.1, 0.15) is 0 Å². The molecule has 2 aromatic carbocycles. The molecule has 152 valence electrons. The maximum Gasteiger partial charge on any atom is 0.488 e. The van der Waals surface area contributed by atoms with Crippen molar-refractivity contribution < 1.29 is 32.4 Å². The van der Waals surface area contributed by atoms with Gasteiger partial charge in [-0.3, -0.25) is 9.69 Å². The molecule has 1 fully saturated rings. The largest absolute Gasteiger partial charge is 0.488 e. The Balaban J connectivity index is 1.90. The summed E-state index contributed by atoms with van der Waals surface area (Å²) in [6.45, 7) is -0.271. The minimum atomic E-state index is -2.87. The fourth-order valence-corrected chi connectivity index (χ4v) is 4.15. The zero-order valence-corrected chi connectivity index (χ0v) is 15.1. The SMILES string of the molecule is O=C1Nc2c(ccc(F)c2F)[C@@]1(c1ccc(B(O)O)cc1)N1CCC(F)(F)CC1. The fraction of sp³-hybridized carbons (Fsp3) is 0.316. The topological polar surface area (TPSA) is 72.8 Å². The molecular weight excluding hydrogens is 391 g/mol. The van der Waals surface area contributed by atoms with E-state index in [-0.39, 0.29) is 29.8 Å². The summed E-state index contributed by atoms with van der Waals surface area (Å²) in [5.74, 6) is -5.90. The lowest BCUT2D eigenvalue weighted by molar-refractivity contribution is -0.130. The molecule has 3 N–H and O–H groups in total. The Morgan fingerprint density at radius 1 is 1.00 bits per heavy atom. The van der Waals surface area contributed by atoms with Crippen molar-refractivity contribution in [3.8, 4) is 0 Å². The van der Waals surface area contributed by atoms with Crippen LogP contribution >= 0.6 is 0 Å². The van der Waals surface area contributed by atoms with Crippen LogP contribution in [0.4, 0.5) is 23.2 Å². The third-order valence-electron chi connectivity index (χ3n) is 5.65. The van der Waals surface area contributed by atoms with Crippen LogP contribution in [0.5, 0.6) is 0 Å². The number of nitrogens with zero attached hydrogens (tertiary/aromatic N) is 1. The van der Waals surface area contributed by atoms with Gasteiger partial charge in [-0.15, -0.1) is 0 Å². The van der Waals surface area contributed by atoms with Crippen LogP contribution < -0.4 is 10.8 Å². The Bertz CT molecular complexity index is 961. The molecule has 10 heteroatoms. The summed E-state index contributed by atoms with van der Waals surface area (Å²) in [7, 11) is -1.73. The van der Waals surface area contributed by atoms with Crippen LogP contribution in [0.1, 0.15) is 24.0 Å². The smallest absolute Gasteiger partial charge is 0.423 e. The molecule has 0 aromatic heterocycles. The number of likely N-dealkylation sites (tertiary alicyclic amines) is 1. The molecule has 1 atom stereocenters. The molecular formula is C19H17BF4N2O3. The van der Waals surface area contributed by atoms with Crippen molar-refractivity contribution in [3.05, 3.63) is 59.2 Å². The van der Waals surface area contributed by atoms with Gasteiger partial charge in [-0.05, 0) is 17.1 Å². The first-order chi connectivity index (χ1) is 13.7. The second-order valence-electron chi connectivity index (χ2n) is 7.29. The number of carbonyl (C=O) groups excluding carboxylic acids is 1. The summed E-state index contributed by atoms with van der Waals surface area (Å²) in [4.78, 5) is 14.7. The Morgan fingerprint density at radius 3 is 2.21 bits per heavy atom. The van der Waals surface area contributed by atoms with Gasteiger partial charge in [-0.2, -0.15) is 0 Å². The predicted octanol–water partition coefficient (Wildman–Crippen LogP) is 1.57. The number of hydrogen-bond donors (Lipinski definition) is 3. The van der Waals surface area contributed by atoms with E-state index in [4.69, 9.17) is 0 Å². The monoisotopic (exact) mass is 408 g/mol. The average Bonchev–Trinajstić information content (AvgIpc) is 2.98. The maximum atomic E-state index is 14.4. The van der Waals surface area contributed by atoms with Gasteiger partial charge in [0.25, 0.3) is 11.8 Å². The zero-order valence-electron chi connectivity index (χ0n) is 15.1. The van der Waals surface area contributed by atoms with Gasteiger partial charge in [0.2, 0.25) is 0 Å². The first-order valence-corrected chi connectivity index (χ1v) is 9.06. The van der Waals surface area contributed by atoms with E-state index >= 15 is 0 Å². The highest BCUT2D eigenvalue weighted by atomic mass is 19.3. The molecule has 0 bridgehead atoms. The van der Waals surface area contributed by atoms with Crippen LogP contribution in [-0.2, 0) is 10.3 Å². The number of fused-ring (bicyclic) bond motifs is 1. The van der Waals surface area contributed by atoms with E-state index in [1.54, 1.807) is 0 Å². The molecule has 4 rings (SSSR count). The van der Waals surface area contributed by atoms with Crippen molar-refractivity contribution in [3.63, 3.8) is 0 Å². The normalized spacial score (nSPS) is 23.6. The number of piperidine rings is 1. The Labute approximate surface area is 164 Å². The third-order valence-corrected chi connectivity index (χ3v) is 5.65. The summed E-state index contributed by atoms with van der Waals surface area (Å²) >= 11 is 0. The quantitative estimate of drug-likeness (QED) is 0.533. The number of halogens is 4. The van der Waals surface area contributed by atoms with E-state index in [0.29, 0.717) is 5.56 Å². The van der Waals surface area contributed by atoms with Crippen LogP contribution in [0.25, 0.3) is 0 Å². The van der Waals surface area contributed by atoms with Gasteiger partial charge in [0.15, 0.2) is 17.2 Å². The maximum absolute atomic E-state index is 14.4. The van der Waals surface area contributed by atoms with Crippen LogP contribution in [0, 0.1) is 11.6 Å². The van der Waals surface area contributed by atoms with Gasteiger partial charge in [0.05, 0.1) is 5.69 Å². The van der Waals surface area contributed by atoms with Crippen LogP contribution in [0.2, 0.25) is 0 Å². The number of carbonyl (C=O) groups is 1. The van der Waals surface area contributed by atoms with E-state index in [2.05, 4.69) is 5.32 Å². The van der Waals surface area contributed by atoms with Gasteiger partial charge < -0.3 is 15.4 Å². The fourth-order valence-electron chi connectivity index (χ4n) is 4.15. The lowest BCUT2D eigenvalue weighted by Crippen LogP contribution is -2.56. The molecule has 1 saturated heterocycles. The first kappa shape index (κ1) is 19.9. The van der Waals surface area contributed by atoms with E-state index in [1.165, 1.54) is 35.2 Å². The lowest BCUT2D eigenvalue weighted by atomic mass is 9.76. The Hall–Kier alpha value is -2.43. The summed E-state index contributed by atoms with van der Waals surface area (Å²) < 4.78 is 55.7. The first-order valence-electron chi connectivity index (χ1n) is 9.06. The van der Waals surface area contributed by atoms with Gasteiger partial charge in [-0.1, -0.05) is 30.3 Å². The molecule has 2 aromatic rings. The van der Waals surface area contributed by atoms with Gasteiger partial charge in [0, 0.05) is 31.5 Å². The molecule has 0 spiro atoms. The standard InChI is InChI=1S/C19H17BF4N2O3/c21-14-6-5-13-16(15(14)22)25-17(27)19(13,26-9-7-18(23,24)8-10-26)11-1-3-12(4-2-11)20(28)29/h1-6,28-29H,7-10H2,(H,25,27)/t19-/m1/s1. The minimum Gasteiger partial charge on any atom is -0.423 e. The minimum absolute atomic E-state index is 0.129. The lowest BCUT2D eigenvalue weighted by Gasteiger charge is -2.43. The zero-order chi connectivity index (χ0) is 21.0. The Morgan fingerprint density at radius 2 is 1.62 bits per heavy atom. The van der Waals surface area contributed by atoms with Crippen molar-refractivity contribution in [2.75, 3.05) is 18.4 Å². The average molecular weight is 408 g/mol. The number of anilines is 1. The van der Waals surface area contributed by atoms with E-state index < -0.39 is 49.0 Å². The summed E-state index contributed by atoms with van der Waals surface area (Å²) in [6.07, 6.45) is -0.955. The molecule has 5 nitrogen and oxygen atoms in total. The summed E-state index contributed by atoms with van der Waals surface area (Å²) in [5.41, 5.74) is -1.34. The number of rotatable bonds is 3. The van der Waals surface area contributed by atoms with Crippen molar-refractivity contribution in [2.45, 2.75) is 24.3 Å². The molecule has 29 heavy (non-hydrogen) atoms. The van der Waals surface area contributed by atoms with E-state index in [9.17, 15) is 32.4 Å². The van der Waals surface area contributed by atoms with E-state index in [0.717, 1.165) is 6.07 Å². The van der Waals surface area contributed by atoms with Crippen molar-refractivity contribution >= 4 is 24.2 Å². The molecule has 0 unspecified atom stereocenters. The third kappa shape index (κ3) is 3.02. The van der Waals surface area contributed by atoms with Crippen molar-refractivity contribution in [2.24, 2.45) is 0 Å². The van der Waals surface area contributed by atoms with Gasteiger partial charge >= 0.3 is 7.12 Å². The Kier molecular flexibility index (Phi) is 4.68. The highest BCUT2D eigenvalue weighted by Crippen LogP contribution is 2.48. The van der Waals surface area contributed by atoms with Crippen molar-refractivity contribution in [1.29, 1.82) is 0 Å². The number of benzene rings is 2. The predicted molar refractivity (Wildman–Crippen MR) is 97.8 cm³/mol. The summed E-state index contributed by atoms with van der Waals surface area (Å²) in [6, 6.07) is 7.84. The van der Waals surface area contributed by atoms with Crippen LogP contribution in [0.3, 0.4) is 0 Å².